The first-order valence-electron chi connectivity index (χ1n) is 5.33. The summed E-state index contributed by atoms with van der Waals surface area (Å²) in [6.07, 6.45) is 6.51. The third kappa shape index (κ3) is 4.63. The Morgan fingerprint density at radius 2 is 2.50 bits per heavy atom. The minimum absolute atomic E-state index is 0.356. The van der Waals surface area contributed by atoms with Gasteiger partial charge in [-0.25, -0.2) is 0 Å². The number of hydrogen-bond donors (Lipinski definition) is 1. The smallest absolute Gasteiger partial charge is 0.110 e. The fourth-order valence-corrected chi connectivity index (χ4v) is 1.57. The first-order valence-corrected chi connectivity index (χ1v) is 5.33. The molecule has 0 radical (unpaired) electrons. The predicted molar refractivity (Wildman–Crippen MR) is 57.2 cm³/mol. The SMILES string of the molecule is COCC(C)CNCC1CCC=CO1. The Hall–Kier alpha value is -0.540. The quantitative estimate of drug-likeness (QED) is 0.704. The molecule has 0 aromatic heterocycles. The number of allylic oxidation sites excluding steroid dienone is 1. The molecule has 0 spiro atoms. The Morgan fingerprint density at radius 3 is 3.14 bits per heavy atom. The topological polar surface area (TPSA) is 30.5 Å². The highest BCUT2D eigenvalue weighted by Gasteiger charge is 2.10. The molecule has 82 valence electrons. The Labute approximate surface area is 86.5 Å². The maximum Gasteiger partial charge on any atom is 0.110 e. The number of rotatable bonds is 6. The van der Waals surface area contributed by atoms with E-state index >= 15 is 0 Å². The van der Waals surface area contributed by atoms with Crippen LogP contribution in [-0.4, -0.2) is 32.9 Å². The van der Waals surface area contributed by atoms with E-state index in [9.17, 15) is 0 Å². The van der Waals surface area contributed by atoms with E-state index in [1.165, 1.54) is 0 Å². The fraction of sp³-hybridized carbons (Fsp3) is 0.818. The molecule has 1 heterocycles. The number of methoxy groups -OCH3 is 1. The van der Waals surface area contributed by atoms with E-state index in [4.69, 9.17) is 9.47 Å². The van der Waals surface area contributed by atoms with Crippen LogP contribution < -0.4 is 5.32 Å². The number of nitrogens with one attached hydrogen (secondary N) is 1. The van der Waals surface area contributed by atoms with Gasteiger partial charge < -0.3 is 14.8 Å². The summed E-state index contributed by atoms with van der Waals surface area (Å²) in [7, 11) is 1.74. The average Bonchev–Trinajstić information content (AvgIpc) is 2.20. The molecular formula is C11H21NO2. The lowest BCUT2D eigenvalue weighted by Crippen LogP contribution is -2.32. The lowest BCUT2D eigenvalue weighted by Gasteiger charge is -2.20. The second-order valence-electron chi connectivity index (χ2n) is 3.93. The molecule has 3 heteroatoms. The van der Waals surface area contributed by atoms with E-state index in [0.29, 0.717) is 12.0 Å². The molecule has 0 saturated carbocycles. The van der Waals surface area contributed by atoms with Gasteiger partial charge in [0.05, 0.1) is 6.26 Å². The molecule has 14 heavy (non-hydrogen) atoms. The largest absolute Gasteiger partial charge is 0.497 e. The Bertz CT molecular complexity index is 171. The molecular weight excluding hydrogens is 178 g/mol. The maximum atomic E-state index is 5.45. The van der Waals surface area contributed by atoms with Crippen molar-refractivity contribution in [2.45, 2.75) is 25.9 Å². The Kier molecular flexibility index (Phi) is 5.64. The van der Waals surface area contributed by atoms with Crippen LogP contribution in [0.5, 0.6) is 0 Å². The van der Waals surface area contributed by atoms with E-state index in [1.807, 2.05) is 6.26 Å². The van der Waals surface area contributed by atoms with Gasteiger partial charge in [0, 0.05) is 26.8 Å². The van der Waals surface area contributed by atoms with Crippen LogP contribution in [0.3, 0.4) is 0 Å². The minimum atomic E-state index is 0.356. The van der Waals surface area contributed by atoms with Gasteiger partial charge in [0.25, 0.3) is 0 Å². The molecule has 0 bridgehead atoms. The summed E-state index contributed by atoms with van der Waals surface area (Å²) in [4.78, 5) is 0. The molecule has 0 amide bonds. The van der Waals surface area contributed by atoms with Crippen molar-refractivity contribution >= 4 is 0 Å². The molecule has 1 rings (SSSR count). The third-order valence-corrected chi connectivity index (χ3v) is 2.34. The van der Waals surface area contributed by atoms with Gasteiger partial charge in [-0.15, -0.1) is 0 Å². The first-order chi connectivity index (χ1) is 6.83. The van der Waals surface area contributed by atoms with Gasteiger partial charge in [0.15, 0.2) is 0 Å². The van der Waals surface area contributed by atoms with E-state index in [2.05, 4.69) is 18.3 Å². The van der Waals surface area contributed by atoms with Gasteiger partial charge in [-0.1, -0.05) is 6.92 Å². The van der Waals surface area contributed by atoms with Crippen LogP contribution in [-0.2, 0) is 9.47 Å². The summed E-state index contributed by atoms with van der Waals surface area (Å²) in [5.41, 5.74) is 0. The van der Waals surface area contributed by atoms with Gasteiger partial charge in [0.2, 0.25) is 0 Å². The standard InChI is InChI=1S/C11H21NO2/c1-10(9-13-2)7-12-8-11-5-3-4-6-14-11/h4,6,10-12H,3,5,7-9H2,1-2H3. The second-order valence-corrected chi connectivity index (χ2v) is 3.93. The molecule has 0 aliphatic carbocycles. The zero-order chi connectivity index (χ0) is 10.2. The molecule has 0 saturated heterocycles. The third-order valence-electron chi connectivity index (χ3n) is 2.34. The van der Waals surface area contributed by atoms with Gasteiger partial charge in [0.1, 0.15) is 6.10 Å². The highest BCUT2D eigenvalue weighted by atomic mass is 16.5. The predicted octanol–water partition coefficient (Wildman–Crippen LogP) is 1.55. The summed E-state index contributed by atoms with van der Waals surface area (Å²) in [6.45, 7) is 4.94. The van der Waals surface area contributed by atoms with Crippen molar-refractivity contribution in [3.8, 4) is 0 Å². The van der Waals surface area contributed by atoms with Crippen LogP contribution >= 0.6 is 0 Å². The van der Waals surface area contributed by atoms with Gasteiger partial charge >= 0.3 is 0 Å². The van der Waals surface area contributed by atoms with Crippen molar-refractivity contribution in [2.75, 3.05) is 26.8 Å². The summed E-state index contributed by atoms with van der Waals surface area (Å²) >= 11 is 0. The van der Waals surface area contributed by atoms with E-state index < -0.39 is 0 Å². The van der Waals surface area contributed by atoms with Crippen molar-refractivity contribution < 1.29 is 9.47 Å². The molecule has 1 aliphatic heterocycles. The molecule has 0 aromatic carbocycles. The van der Waals surface area contributed by atoms with Gasteiger partial charge in [-0.2, -0.15) is 0 Å². The lowest BCUT2D eigenvalue weighted by atomic mass is 10.1. The van der Waals surface area contributed by atoms with Crippen molar-refractivity contribution in [1.82, 2.24) is 5.32 Å². The highest BCUT2D eigenvalue weighted by molar-refractivity contribution is 4.83. The average molecular weight is 199 g/mol. The van der Waals surface area contributed by atoms with Crippen molar-refractivity contribution in [1.29, 1.82) is 0 Å². The second kappa shape index (κ2) is 6.85. The van der Waals surface area contributed by atoms with Gasteiger partial charge in [-0.05, 0) is 24.8 Å². The summed E-state index contributed by atoms with van der Waals surface area (Å²) in [5.74, 6) is 0.569. The Morgan fingerprint density at radius 1 is 1.64 bits per heavy atom. The molecule has 0 aromatic rings. The molecule has 3 nitrogen and oxygen atoms in total. The molecule has 1 N–H and O–H groups in total. The molecule has 1 aliphatic rings. The number of hydrogen-bond acceptors (Lipinski definition) is 3. The maximum absolute atomic E-state index is 5.45. The van der Waals surface area contributed by atoms with Crippen LogP contribution in [0.4, 0.5) is 0 Å². The van der Waals surface area contributed by atoms with Crippen LogP contribution in [0.15, 0.2) is 12.3 Å². The zero-order valence-corrected chi connectivity index (χ0v) is 9.16. The zero-order valence-electron chi connectivity index (χ0n) is 9.16. The lowest BCUT2D eigenvalue weighted by molar-refractivity contribution is 0.116. The molecule has 2 atom stereocenters. The minimum Gasteiger partial charge on any atom is -0.497 e. The van der Waals surface area contributed by atoms with E-state index in [-0.39, 0.29) is 0 Å². The van der Waals surface area contributed by atoms with Crippen LogP contribution in [0.1, 0.15) is 19.8 Å². The summed E-state index contributed by atoms with van der Waals surface area (Å²) in [6, 6.07) is 0. The molecule has 2 unspecified atom stereocenters. The summed E-state index contributed by atoms with van der Waals surface area (Å²) in [5, 5.41) is 3.40. The molecule has 0 fully saturated rings. The van der Waals surface area contributed by atoms with Crippen molar-refractivity contribution in [3.63, 3.8) is 0 Å². The number of ether oxygens (including phenoxy) is 2. The monoisotopic (exact) mass is 199 g/mol. The van der Waals surface area contributed by atoms with Crippen molar-refractivity contribution in [2.24, 2.45) is 5.92 Å². The van der Waals surface area contributed by atoms with Crippen LogP contribution in [0.2, 0.25) is 0 Å². The van der Waals surface area contributed by atoms with Crippen molar-refractivity contribution in [3.05, 3.63) is 12.3 Å². The fourth-order valence-electron chi connectivity index (χ4n) is 1.57. The Balaban J connectivity index is 2.00. The van der Waals surface area contributed by atoms with Gasteiger partial charge in [-0.3, -0.25) is 0 Å². The van der Waals surface area contributed by atoms with Crippen LogP contribution in [0, 0.1) is 5.92 Å². The van der Waals surface area contributed by atoms with E-state index in [1.54, 1.807) is 7.11 Å². The van der Waals surface area contributed by atoms with Crippen LogP contribution in [0.25, 0.3) is 0 Å². The first kappa shape index (κ1) is 11.5. The summed E-state index contributed by atoms with van der Waals surface area (Å²) < 4.78 is 10.5. The highest BCUT2D eigenvalue weighted by Crippen LogP contribution is 2.08. The van der Waals surface area contributed by atoms with E-state index in [0.717, 1.165) is 32.5 Å². The normalized spacial score (nSPS) is 23.1.